The van der Waals surface area contributed by atoms with Crippen LogP contribution in [-0.2, 0) is 25.5 Å². The number of benzene rings is 1. The van der Waals surface area contributed by atoms with Gasteiger partial charge in [-0.3, -0.25) is 19.7 Å². The molecule has 0 fully saturated rings. The van der Waals surface area contributed by atoms with E-state index in [1.165, 1.54) is 6.07 Å². The lowest BCUT2D eigenvalue weighted by Crippen LogP contribution is -2.23. The third kappa shape index (κ3) is 8.66. The standard InChI is InChI=1S/C20H29NO6/c1-4-8-18(15(2)3)27-20(23)12-7-11-19(22)26-14-13-16-9-5-6-10-17(16)21(24)25/h5-6,9-10,15,18H,4,7-8,11-14H2,1-3H3. The highest BCUT2D eigenvalue weighted by Gasteiger charge is 2.18. The predicted octanol–water partition coefficient (Wildman–Crippen LogP) is 4.22. The molecule has 0 bridgehead atoms. The first-order valence-electron chi connectivity index (χ1n) is 9.42. The molecule has 0 N–H and O–H groups in total. The Morgan fingerprint density at radius 3 is 2.44 bits per heavy atom. The van der Waals surface area contributed by atoms with Crippen molar-refractivity contribution < 1.29 is 24.0 Å². The molecule has 150 valence electrons. The molecule has 0 radical (unpaired) electrons. The highest BCUT2D eigenvalue weighted by Crippen LogP contribution is 2.18. The third-order valence-corrected chi connectivity index (χ3v) is 4.18. The lowest BCUT2D eigenvalue weighted by Gasteiger charge is -2.20. The fourth-order valence-corrected chi connectivity index (χ4v) is 2.67. The zero-order valence-electron chi connectivity index (χ0n) is 16.3. The van der Waals surface area contributed by atoms with Crippen LogP contribution in [0.2, 0.25) is 0 Å². The Morgan fingerprint density at radius 1 is 1.15 bits per heavy atom. The summed E-state index contributed by atoms with van der Waals surface area (Å²) in [6, 6.07) is 6.37. The second-order valence-electron chi connectivity index (χ2n) is 6.77. The van der Waals surface area contributed by atoms with E-state index in [1.807, 2.05) is 20.8 Å². The van der Waals surface area contributed by atoms with Crippen LogP contribution in [-0.4, -0.2) is 29.6 Å². The molecule has 1 aromatic carbocycles. The van der Waals surface area contributed by atoms with Crippen LogP contribution in [0.1, 0.15) is 58.4 Å². The van der Waals surface area contributed by atoms with E-state index in [0.717, 1.165) is 12.8 Å². The van der Waals surface area contributed by atoms with Gasteiger partial charge < -0.3 is 9.47 Å². The molecule has 0 aromatic heterocycles. The maximum Gasteiger partial charge on any atom is 0.306 e. The average molecular weight is 379 g/mol. The first kappa shape index (κ1) is 22.6. The molecule has 7 heteroatoms. The molecule has 0 aliphatic carbocycles. The Kier molecular flexibility index (Phi) is 10.1. The van der Waals surface area contributed by atoms with E-state index in [1.54, 1.807) is 18.2 Å². The number of esters is 2. The average Bonchev–Trinajstić information content (AvgIpc) is 2.61. The molecule has 0 aliphatic rings. The minimum atomic E-state index is -0.453. The molecule has 0 spiro atoms. The second kappa shape index (κ2) is 12.0. The van der Waals surface area contributed by atoms with Crippen molar-refractivity contribution in [1.29, 1.82) is 0 Å². The minimum absolute atomic E-state index is 0.0167. The van der Waals surface area contributed by atoms with Crippen LogP contribution < -0.4 is 0 Å². The maximum atomic E-state index is 11.9. The summed E-state index contributed by atoms with van der Waals surface area (Å²) in [5, 5.41) is 10.9. The first-order chi connectivity index (χ1) is 12.8. The number of carbonyl (C=O) groups excluding carboxylic acids is 2. The topological polar surface area (TPSA) is 95.7 Å². The Bertz CT molecular complexity index is 629. The van der Waals surface area contributed by atoms with Gasteiger partial charge in [0.05, 0.1) is 11.5 Å². The lowest BCUT2D eigenvalue weighted by molar-refractivity contribution is -0.385. The molecule has 0 saturated carbocycles. The molecule has 0 saturated heterocycles. The highest BCUT2D eigenvalue weighted by atomic mass is 16.6. The van der Waals surface area contributed by atoms with E-state index in [0.29, 0.717) is 12.0 Å². The number of rotatable bonds is 12. The Balaban J connectivity index is 2.28. The molecule has 0 heterocycles. The molecule has 0 amide bonds. The zero-order chi connectivity index (χ0) is 20.2. The molecular weight excluding hydrogens is 350 g/mol. The molecule has 27 heavy (non-hydrogen) atoms. The van der Waals surface area contributed by atoms with Crippen molar-refractivity contribution in [1.82, 2.24) is 0 Å². The van der Waals surface area contributed by atoms with Crippen molar-refractivity contribution in [2.75, 3.05) is 6.61 Å². The Hall–Kier alpha value is -2.44. The van der Waals surface area contributed by atoms with Crippen molar-refractivity contribution in [2.24, 2.45) is 5.92 Å². The van der Waals surface area contributed by atoms with Gasteiger partial charge in [-0.25, -0.2) is 0 Å². The van der Waals surface area contributed by atoms with Gasteiger partial charge in [0.2, 0.25) is 0 Å². The largest absolute Gasteiger partial charge is 0.465 e. The zero-order valence-corrected chi connectivity index (χ0v) is 16.3. The quantitative estimate of drug-likeness (QED) is 0.306. The number of nitro benzene ring substituents is 1. The number of ether oxygens (including phenoxy) is 2. The van der Waals surface area contributed by atoms with Gasteiger partial charge in [-0.2, -0.15) is 0 Å². The number of hydrogen-bond donors (Lipinski definition) is 0. The molecule has 7 nitrogen and oxygen atoms in total. The lowest BCUT2D eigenvalue weighted by atomic mass is 10.0. The first-order valence-corrected chi connectivity index (χ1v) is 9.42. The number of carbonyl (C=O) groups is 2. The van der Waals surface area contributed by atoms with Crippen LogP contribution >= 0.6 is 0 Å². The summed E-state index contributed by atoms with van der Waals surface area (Å²) in [5.74, 6) is -0.453. The van der Waals surface area contributed by atoms with E-state index in [9.17, 15) is 19.7 Å². The fourth-order valence-electron chi connectivity index (χ4n) is 2.67. The van der Waals surface area contributed by atoms with Gasteiger partial charge >= 0.3 is 11.9 Å². The van der Waals surface area contributed by atoms with Crippen molar-refractivity contribution >= 4 is 17.6 Å². The summed E-state index contributed by atoms with van der Waals surface area (Å²) < 4.78 is 10.6. The van der Waals surface area contributed by atoms with Crippen molar-refractivity contribution in [3.63, 3.8) is 0 Å². The Labute approximate surface area is 160 Å². The summed E-state index contributed by atoms with van der Waals surface area (Å²) in [4.78, 5) is 34.1. The van der Waals surface area contributed by atoms with Crippen molar-refractivity contribution in [3.8, 4) is 0 Å². The molecule has 1 aromatic rings. The monoisotopic (exact) mass is 379 g/mol. The smallest absolute Gasteiger partial charge is 0.306 e. The van der Waals surface area contributed by atoms with Gasteiger partial charge in [-0.05, 0) is 18.8 Å². The predicted molar refractivity (Wildman–Crippen MR) is 101 cm³/mol. The molecule has 0 aliphatic heterocycles. The van der Waals surface area contributed by atoms with Gasteiger partial charge in [0.25, 0.3) is 5.69 Å². The summed E-state index contributed by atoms with van der Waals surface area (Å²) in [5.41, 5.74) is 0.539. The number of nitro groups is 1. The Morgan fingerprint density at radius 2 is 1.81 bits per heavy atom. The summed E-state index contributed by atoms with van der Waals surface area (Å²) in [6.45, 7) is 6.15. The van der Waals surface area contributed by atoms with Crippen molar-refractivity contribution in [2.45, 2.75) is 65.4 Å². The SMILES string of the molecule is CCCC(OC(=O)CCCC(=O)OCCc1ccccc1[N+](=O)[O-])C(C)C. The maximum absolute atomic E-state index is 11.9. The van der Waals surface area contributed by atoms with E-state index in [2.05, 4.69) is 0 Å². The van der Waals surface area contributed by atoms with Gasteiger partial charge in [0.15, 0.2) is 0 Å². The van der Waals surface area contributed by atoms with Gasteiger partial charge in [-0.15, -0.1) is 0 Å². The van der Waals surface area contributed by atoms with E-state index < -0.39 is 10.9 Å². The molecule has 1 atom stereocenters. The van der Waals surface area contributed by atoms with Gasteiger partial charge in [0, 0.05) is 30.9 Å². The molecule has 1 unspecified atom stereocenters. The molecular formula is C20H29NO6. The third-order valence-electron chi connectivity index (χ3n) is 4.18. The number of para-hydroxylation sites is 1. The van der Waals surface area contributed by atoms with Crippen LogP contribution in [0.5, 0.6) is 0 Å². The van der Waals surface area contributed by atoms with Gasteiger partial charge in [-0.1, -0.05) is 45.4 Å². The molecule has 1 rings (SSSR count). The normalized spacial score (nSPS) is 11.9. The van der Waals surface area contributed by atoms with Gasteiger partial charge in [0.1, 0.15) is 6.10 Å². The van der Waals surface area contributed by atoms with Crippen molar-refractivity contribution in [3.05, 3.63) is 39.9 Å². The van der Waals surface area contributed by atoms with E-state index >= 15 is 0 Å². The highest BCUT2D eigenvalue weighted by molar-refractivity contribution is 5.72. The fraction of sp³-hybridized carbons (Fsp3) is 0.600. The van der Waals surface area contributed by atoms with E-state index in [-0.39, 0.29) is 49.5 Å². The second-order valence-corrected chi connectivity index (χ2v) is 6.77. The van der Waals surface area contributed by atoms with Crippen LogP contribution in [0.4, 0.5) is 5.69 Å². The summed E-state index contributed by atoms with van der Waals surface area (Å²) >= 11 is 0. The van der Waals surface area contributed by atoms with Crippen LogP contribution in [0.15, 0.2) is 24.3 Å². The van der Waals surface area contributed by atoms with Crippen LogP contribution in [0, 0.1) is 16.0 Å². The van der Waals surface area contributed by atoms with E-state index in [4.69, 9.17) is 9.47 Å². The summed E-state index contributed by atoms with van der Waals surface area (Å²) in [7, 11) is 0. The van der Waals surface area contributed by atoms with Crippen LogP contribution in [0.3, 0.4) is 0 Å². The minimum Gasteiger partial charge on any atom is -0.465 e. The van der Waals surface area contributed by atoms with Crippen LogP contribution in [0.25, 0.3) is 0 Å². The number of nitrogens with zero attached hydrogens (tertiary/aromatic N) is 1. The summed E-state index contributed by atoms with van der Waals surface area (Å²) in [6.07, 6.45) is 2.62. The number of hydrogen-bond acceptors (Lipinski definition) is 6.